The molecule has 2 heterocycles. The lowest BCUT2D eigenvalue weighted by molar-refractivity contribution is 0.553. The van der Waals surface area contributed by atoms with Gasteiger partial charge in [-0.2, -0.15) is 0 Å². The average molecular weight is 310 g/mol. The van der Waals surface area contributed by atoms with Crippen molar-refractivity contribution in [2.24, 2.45) is 0 Å². The van der Waals surface area contributed by atoms with Crippen molar-refractivity contribution in [2.45, 2.75) is 24.8 Å². The minimum absolute atomic E-state index is 0.150. The second-order valence-electron chi connectivity index (χ2n) is 4.36. The van der Waals surface area contributed by atoms with Crippen LogP contribution >= 0.6 is 0 Å². The third-order valence-electron chi connectivity index (χ3n) is 2.74. The molecule has 0 spiro atoms. The fourth-order valence-electron chi connectivity index (χ4n) is 1.72. The molecular formula is C12H18N6O2S. The van der Waals surface area contributed by atoms with Gasteiger partial charge in [0.05, 0.1) is 18.4 Å². The van der Waals surface area contributed by atoms with Gasteiger partial charge in [-0.05, 0) is 12.5 Å². The Morgan fingerprint density at radius 3 is 2.86 bits per heavy atom. The summed E-state index contributed by atoms with van der Waals surface area (Å²) in [5.41, 5.74) is 0.556. The van der Waals surface area contributed by atoms with Crippen molar-refractivity contribution in [1.29, 1.82) is 0 Å². The Labute approximate surface area is 123 Å². The first kappa shape index (κ1) is 15.4. The quantitative estimate of drug-likeness (QED) is 0.735. The van der Waals surface area contributed by atoms with Crippen LogP contribution in [0.3, 0.4) is 0 Å². The van der Waals surface area contributed by atoms with Gasteiger partial charge in [-0.3, -0.25) is 9.67 Å². The molecule has 0 saturated heterocycles. The molecule has 0 aliphatic carbocycles. The highest BCUT2D eigenvalue weighted by Gasteiger charge is 2.18. The molecule has 2 rings (SSSR count). The zero-order valence-corrected chi connectivity index (χ0v) is 12.5. The lowest BCUT2D eigenvalue weighted by Gasteiger charge is -2.12. The summed E-state index contributed by atoms with van der Waals surface area (Å²) in [6.07, 6.45) is 7.03. The first-order valence-electron chi connectivity index (χ1n) is 6.65. The van der Waals surface area contributed by atoms with Crippen molar-refractivity contribution >= 4 is 15.7 Å². The zero-order valence-electron chi connectivity index (χ0n) is 11.7. The summed E-state index contributed by atoms with van der Waals surface area (Å²) in [7, 11) is -3.61. The van der Waals surface area contributed by atoms with E-state index in [-0.39, 0.29) is 11.4 Å². The fraction of sp³-hybridized carbons (Fsp3) is 0.417. The highest BCUT2D eigenvalue weighted by atomic mass is 32.2. The van der Waals surface area contributed by atoms with Crippen LogP contribution in [0.5, 0.6) is 0 Å². The second kappa shape index (κ2) is 7.14. The lowest BCUT2D eigenvalue weighted by atomic mass is 10.4. The summed E-state index contributed by atoms with van der Waals surface area (Å²) < 4.78 is 28.7. The standard InChI is InChI=1S/C12H18N6O2S/c1-2-4-14-11-3-5-13-10-12(11)21(19,20)16-7-9-18-8-6-15-17-18/h3,5-6,8,10,16H,2,4,7,9H2,1H3,(H,13,14). The van der Waals surface area contributed by atoms with Gasteiger partial charge in [0.25, 0.3) is 0 Å². The van der Waals surface area contributed by atoms with Crippen molar-refractivity contribution in [1.82, 2.24) is 24.7 Å². The smallest absolute Gasteiger partial charge is 0.244 e. The largest absolute Gasteiger partial charge is 0.384 e. The average Bonchev–Trinajstić information content (AvgIpc) is 2.98. The van der Waals surface area contributed by atoms with E-state index in [9.17, 15) is 8.42 Å². The van der Waals surface area contributed by atoms with Crippen LogP contribution in [-0.4, -0.2) is 41.5 Å². The number of sulfonamides is 1. The number of pyridine rings is 1. The fourth-order valence-corrected chi connectivity index (χ4v) is 2.87. The van der Waals surface area contributed by atoms with Crippen LogP contribution in [-0.2, 0) is 16.6 Å². The molecular weight excluding hydrogens is 292 g/mol. The van der Waals surface area contributed by atoms with E-state index in [4.69, 9.17) is 0 Å². The molecule has 0 unspecified atom stereocenters. The number of rotatable bonds is 8. The molecule has 8 nitrogen and oxygen atoms in total. The van der Waals surface area contributed by atoms with Crippen LogP contribution in [0.15, 0.2) is 35.7 Å². The predicted octanol–water partition coefficient (Wildman–Crippen LogP) is 0.473. The summed E-state index contributed by atoms with van der Waals surface area (Å²) in [4.78, 5) is 4.04. The molecule has 0 aromatic carbocycles. The van der Waals surface area contributed by atoms with E-state index in [1.54, 1.807) is 29.3 Å². The van der Waals surface area contributed by atoms with E-state index in [1.807, 2.05) is 6.92 Å². The summed E-state index contributed by atoms with van der Waals surface area (Å²) >= 11 is 0. The first-order chi connectivity index (χ1) is 10.1. The van der Waals surface area contributed by atoms with Crippen molar-refractivity contribution in [2.75, 3.05) is 18.4 Å². The van der Waals surface area contributed by atoms with Gasteiger partial charge < -0.3 is 5.32 Å². The zero-order chi connectivity index (χ0) is 15.1. The van der Waals surface area contributed by atoms with Crippen LogP contribution in [0.25, 0.3) is 0 Å². The van der Waals surface area contributed by atoms with E-state index in [1.165, 1.54) is 6.20 Å². The maximum atomic E-state index is 12.3. The van der Waals surface area contributed by atoms with Gasteiger partial charge >= 0.3 is 0 Å². The summed E-state index contributed by atoms with van der Waals surface area (Å²) in [6.45, 7) is 3.36. The Morgan fingerprint density at radius 2 is 2.14 bits per heavy atom. The molecule has 2 N–H and O–H groups in total. The highest BCUT2D eigenvalue weighted by molar-refractivity contribution is 7.89. The number of hydrogen-bond donors (Lipinski definition) is 2. The van der Waals surface area contributed by atoms with Crippen molar-refractivity contribution in [3.8, 4) is 0 Å². The van der Waals surface area contributed by atoms with Crippen LogP contribution in [0.1, 0.15) is 13.3 Å². The van der Waals surface area contributed by atoms with E-state index in [0.29, 0.717) is 18.8 Å². The molecule has 0 fully saturated rings. The molecule has 0 aliphatic rings. The number of nitrogens with one attached hydrogen (secondary N) is 2. The predicted molar refractivity (Wildman–Crippen MR) is 78.2 cm³/mol. The Bertz CT molecular complexity index is 656. The van der Waals surface area contributed by atoms with Crippen LogP contribution in [0.4, 0.5) is 5.69 Å². The van der Waals surface area contributed by atoms with Gasteiger partial charge in [0, 0.05) is 31.7 Å². The molecule has 0 amide bonds. The minimum Gasteiger partial charge on any atom is -0.384 e. The molecule has 2 aromatic rings. The van der Waals surface area contributed by atoms with E-state index in [0.717, 1.165) is 6.42 Å². The molecule has 9 heteroatoms. The Morgan fingerprint density at radius 1 is 1.29 bits per heavy atom. The van der Waals surface area contributed by atoms with Gasteiger partial charge in [0.1, 0.15) is 4.90 Å². The number of anilines is 1. The minimum atomic E-state index is -3.61. The third-order valence-corrected chi connectivity index (χ3v) is 4.23. The van der Waals surface area contributed by atoms with Gasteiger partial charge in [-0.1, -0.05) is 12.1 Å². The topological polar surface area (TPSA) is 102 Å². The third kappa shape index (κ3) is 4.23. The first-order valence-corrected chi connectivity index (χ1v) is 8.13. The molecule has 0 bridgehead atoms. The number of hydrogen-bond acceptors (Lipinski definition) is 6. The molecule has 0 radical (unpaired) electrons. The van der Waals surface area contributed by atoms with Gasteiger partial charge in [0.2, 0.25) is 10.0 Å². The van der Waals surface area contributed by atoms with Crippen molar-refractivity contribution in [3.05, 3.63) is 30.9 Å². The van der Waals surface area contributed by atoms with Gasteiger partial charge in [-0.15, -0.1) is 5.10 Å². The van der Waals surface area contributed by atoms with Gasteiger partial charge in [-0.25, -0.2) is 13.1 Å². The summed E-state index contributed by atoms with van der Waals surface area (Å²) in [6, 6.07) is 1.65. The Balaban J connectivity index is 2.04. The number of nitrogens with zero attached hydrogens (tertiary/aromatic N) is 4. The molecule has 0 saturated carbocycles. The molecule has 0 aliphatic heterocycles. The highest BCUT2D eigenvalue weighted by Crippen LogP contribution is 2.19. The van der Waals surface area contributed by atoms with Crippen molar-refractivity contribution in [3.63, 3.8) is 0 Å². The molecule has 21 heavy (non-hydrogen) atoms. The normalized spacial score (nSPS) is 11.5. The maximum absolute atomic E-state index is 12.3. The monoisotopic (exact) mass is 310 g/mol. The van der Waals surface area contributed by atoms with Crippen LogP contribution in [0.2, 0.25) is 0 Å². The maximum Gasteiger partial charge on any atom is 0.244 e. The summed E-state index contributed by atoms with van der Waals surface area (Å²) in [5.74, 6) is 0. The molecule has 2 aromatic heterocycles. The van der Waals surface area contributed by atoms with Crippen LogP contribution < -0.4 is 10.0 Å². The van der Waals surface area contributed by atoms with E-state index in [2.05, 4.69) is 25.3 Å². The SMILES string of the molecule is CCCNc1ccncc1S(=O)(=O)NCCn1ccnn1. The Hall–Kier alpha value is -2.00. The van der Waals surface area contributed by atoms with E-state index < -0.39 is 10.0 Å². The molecule has 114 valence electrons. The van der Waals surface area contributed by atoms with Crippen LogP contribution in [0, 0.1) is 0 Å². The second-order valence-corrected chi connectivity index (χ2v) is 6.10. The summed E-state index contributed by atoms with van der Waals surface area (Å²) in [5, 5.41) is 10.5. The van der Waals surface area contributed by atoms with Gasteiger partial charge in [0.15, 0.2) is 0 Å². The van der Waals surface area contributed by atoms with Crippen molar-refractivity contribution < 1.29 is 8.42 Å². The molecule has 0 atom stereocenters. The number of aromatic nitrogens is 4. The van der Waals surface area contributed by atoms with E-state index >= 15 is 0 Å². The lowest BCUT2D eigenvalue weighted by Crippen LogP contribution is -2.28. The Kier molecular flexibility index (Phi) is 5.23.